The molecule has 4 rings (SSSR count). The Balaban J connectivity index is 1.91. The quantitative estimate of drug-likeness (QED) is 0.585. The lowest BCUT2D eigenvalue weighted by molar-refractivity contribution is 0.601. The molecule has 0 bridgehead atoms. The summed E-state index contributed by atoms with van der Waals surface area (Å²) < 4.78 is 30.4. The van der Waals surface area contributed by atoms with Crippen LogP contribution in [0.5, 0.6) is 0 Å². The summed E-state index contributed by atoms with van der Waals surface area (Å²) >= 11 is 0. The lowest BCUT2D eigenvalue weighted by Crippen LogP contribution is -2.17. The van der Waals surface area contributed by atoms with Crippen LogP contribution in [0.1, 0.15) is 11.1 Å². The minimum atomic E-state index is -3.76. The zero-order valence-corrected chi connectivity index (χ0v) is 15.7. The fourth-order valence-corrected chi connectivity index (χ4v) is 4.15. The van der Waals surface area contributed by atoms with Crippen LogP contribution in [0.3, 0.4) is 0 Å². The van der Waals surface area contributed by atoms with E-state index >= 15 is 0 Å². The molecule has 0 aliphatic carbocycles. The molecular formula is C20H18N4O2S. The molecule has 136 valence electrons. The fourth-order valence-electron chi connectivity index (χ4n) is 3.04. The van der Waals surface area contributed by atoms with Crippen LogP contribution >= 0.6 is 0 Å². The molecular weight excluding hydrogens is 360 g/mol. The van der Waals surface area contributed by atoms with Crippen LogP contribution in [0, 0.1) is 13.8 Å². The molecule has 0 aliphatic rings. The van der Waals surface area contributed by atoms with Crippen LogP contribution in [0.25, 0.3) is 16.9 Å². The van der Waals surface area contributed by atoms with Gasteiger partial charge in [0.1, 0.15) is 5.82 Å². The second-order valence-corrected chi connectivity index (χ2v) is 7.98. The topological polar surface area (TPSA) is 76.9 Å². The van der Waals surface area contributed by atoms with Crippen molar-refractivity contribution in [2.45, 2.75) is 18.7 Å². The number of rotatable bonds is 4. The monoisotopic (exact) mass is 378 g/mol. The first-order chi connectivity index (χ1) is 13.0. The van der Waals surface area contributed by atoms with Crippen molar-refractivity contribution < 1.29 is 8.42 Å². The molecule has 27 heavy (non-hydrogen) atoms. The van der Waals surface area contributed by atoms with Crippen molar-refractivity contribution in [2.75, 3.05) is 4.72 Å². The third kappa shape index (κ3) is 3.06. The van der Waals surface area contributed by atoms with Gasteiger partial charge in [-0.15, -0.1) is 0 Å². The summed E-state index contributed by atoms with van der Waals surface area (Å²) in [7, 11) is -3.76. The Labute approximate surface area is 157 Å². The summed E-state index contributed by atoms with van der Waals surface area (Å²) in [5.41, 5.74) is 2.65. The van der Waals surface area contributed by atoms with Gasteiger partial charge in [0.25, 0.3) is 10.0 Å². The molecule has 0 saturated heterocycles. The summed E-state index contributed by atoms with van der Waals surface area (Å²) in [6, 6.07) is 16.2. The van der Waals surface area contributed by atoms with E-state index in [0.29, 0.717) is 11.8 Å². The van der Waals surface area contributed by atoms with E-state index in [-0.39, 0.29) is 4.90 Å². The van der Waals surface area contributed by atoms with E-state index in [4.69, 9.17) is 0 Å². The Morgan fingerprint density at radius 3 is 2.26 bits per heavy atom. The number of nitrogens with zero attached hydrogens (tertiary/aromatic N) is 3. The maximum Gasteiger partial charge on any atom is 0.263 e. The van der Waals surface area contributed by atoms with Gasteiger partial charge in [0.2, 0.25) is 5.95 Å². The maximum absolute atomic E-state index is 13.0. The standard InChI is InChI=1S/C20H18N4O2S/c1-14-8-10-16(11-9-14)27(25,26)23-19-15(2)17-6-3-4-7-18(17)24(19)20-21-12-5-13-22-20/h3-13,23H,1-2H3. The van der Waals surface area contributed by atoms with Crippen LogP contribution in [0.2, 0.25) is 0 Å². The molecule has 0 amide bonds. The zero-order chi connectivity index (χ0) is 19.0. The first-order valence-corrected chi connectivity index (χ1v) is 9.92. The molecule has 0 unspecified atom stereocenters. The Morgan fingerprint density at radius 1 is 0.889 bits per heavy atom. The van der Waals surface area contributed by atoms with E-state index < -0.39 is 10.0 Å². The molecule has 6 nitrogen and oxygen atoms in total. The number of para-hydroxylation sites is 1. The Bertz CT molecular complexity index is 1210. The molecule has 2 aromatic carbocycles. The predicted octanol–water partition coefficient (Wildman–Crippen LogP) is 3.84. The molecule has 1 N–H and O–H groups in total. The normalized spacial score (nSPS) is 11.6. The molecule has 0 spiro atoms. The van der Waals surface area contributed by atoms with E-state index in [2.05, 4.69) is 14.7 Å². The highest BCUT2D eigenvalue weighted by molar-refractivity contribution is 7.92. The van der Waals surface area contributed by atoms with Gasteiger partial charge in [-0.3, -0.25) is 9.29 Å². The SMILES string of the molecule is Cc1ccc(S(=O)(=O)Nc2c(C)c3ccccc3n2-c2ncccn2)cc1. The van der Waals surface area contributed by atoms with Crippen molar-refractivity contribution in [3.05, 3.63) is 78.1 Å². The summed E-state index contributed by atoms with van der Waals surface area (Å²) in [5.74, 6) is 0.839. The first kappa shape index (κ1) is 17.2. The smallest absolute Gasteiger partial charge is 0.263 e. The number of anilines is 1. The molecule has 7 heteroatoms. The zero-order valence-electron chi connectivity index (χ0n) is 14.9. The second-order valence-electron chi connectivity index (χ2n) is 6.29. The number of hydrogen-bond donors (Lipinski definition) is 1. The number of aryl methyl sites for hydroxylation is 2. The van der Waals surface area contributed by atoms with Gasteiger partial charge in [-0.2, -0.15) is 0 Å². The van der Waals surface area contributed by atoms with E-state index in [1.807, 2.05) is 38.1 Å². The number of fused-ring (bicyclic) bond motifs is 1. The second kappa shape index (κ2) is 6.51. The Morgan fingerprint density at radius 2 is 1.56 bits per heavy atom. The minimum Gasteiger partial charge on any atom is -0.264 e. The number of sulfonamides is 1. The third-order valence-electron chi connectivity index (χ3n) is 4.44. The molecule has 2 aromatic heterocycles. The van der Waals surface area contributed by atoms with E-state index in [9.17, 15) is 8.42 Å². The average molecular weight is 378 g/mol. The molecule has 0 aliphatic heterocycles. The van der Waals surface area contributed by atoms with E-state index in [1.165, 1.54) is 0 Å². The van der Waals surface area contributed by atoms with Gasteiger partial charge < -0.3 is 0 Å². The largest absolute Gasteiger partial charge is 0.264 e. The van der Waals surface area contributed by atoms with Crippen molar-refractivity contribution in [2.24, 2.45) is 0 Å². The molecule has 0 saturated carbocycles. The van der Waals surface area contributed by atoms with E-state index in [0.717, 1.165) is 22.0 Å². The highest BCUT2D eigenvalue weighted by atomic mass is 32.2. The first-order valence-electron chi connectivity index (χ1n) is 8.44. The highest BCUT2D eigenvalue weighted by Crippen LogP contribution is 2.33. The predicted molar refractivity (Wildman–Crippen MR) is 106 cm³/mol. The molecule has 0 fully saturated rings. The third-order valence-corrected chi connectivity index (χ3v) is 5.80. The Hall–Kier alpha value is -3.19. The lowest BCUT2D eigenvalue weighted by Gasteiger charge is -2.13. The van der Waals surface area contributed by atoms with Crippen molar-refractivity contribution >= 4 is 26.7 Å². The van der Waals surface area contributed by atoms with Crippen molar-refractivity contribution in [1.82, 2.24) is 14.5 Å². The molecule has 2 heterocycles. The van der Waals surface area contributed by atoms with Crippen LogP contribution < -0.4 is 4.72 Å². The van der Waals surface area contributed by atoms with Crippen LogP contribution in [0.15, 0.2) is 71.9 Å². The molecule has 4 aromatic rings. The van der Waals surface area contributed by atoms with Gasteiger partial charge >= 0.3 is 0 Å². The van der Waals surface area contributed by atoms with Crippen molar-refractivity contribution in [3.8, 4) is 5.95 Å². The number of benzene rings is 2. The van der Waals surface area contributed by atoms with E-state index in [1.54, 1.807) is 47.3 Å². The van der Waals surface area contributed by atoms with Gasteiger partial charge in [0.15, 0.2) is 0 Å². The van der Waals surface area contributed by atoms with Crippen molar-refractivity contribution in [3.63, 3.8) is 0 Å². The molecule has 0 radical (unpaired) electrons. The van der Waals surface area contributed by atoms with Gasteiger partial charge in [-0.05, 0) is 38.1 Å². The van der Waals surface area contributed by atoms with Crippen LogP contribution in [-0.2, 0) is 10.0 Å². The van der Waals surface area contributed by atoms with Gasteiger partial charge in [0.05, 0.1) is 10.4 Å². The lowest BCUT2D eigenvalue weighted by atomic mass is 10.2. The maximum atomic E-state index is 13.0. The number of aromatic nitrogens is 3. The number of nitrogens with one attached hydrogen (secondary N) is 1. The highest BCUT2D eigenvalue weighted by Gasteiger charge is 2.22. The summed E-state index contributed by atoms with van der Waals surface area (Å²) in [5, 5.41) is 0.937. The summed E-state index contributed by atoms with van der Waals surface area (Å²) in [6.07, 6.45) is 3.26. The van der Waals surface area contributed by atoms with Gasteiger partial charge in [-0.25, -0.2) is 18.4 Å². The fraction of sp³-hybridized carbons (Fsp3) is 0.100. The average Bonchev–Trinajstić information content (AvgIpc) is 2.95. The number of hydrogen-bond acceptors (Lipinski definition) is 4. The van der Waals surface area contributed by atoms with Crippen LogP contribution in [-0.4, -0.2) is 23.0 Å². The minimum absolute atomic E-state index is 0.207. The summed E-state index contributed by atoms with van der Waals surface area (Å²) in [4.78, 5) is 8.82. The van der Waals surface area contributed by atoms with Gasteiger partial charge in [-0.1, -0.05) is 35.9 Å². The molecule has 0 atom stereocenters. The Kier molecular flexibility index (Phi) is 4.16. The van der Waals surface area contributed by atoms with Gasteiger partial charge in [0, 0.05) is 23.3 Å². The van der Waals surface area contributed by atoms with Crippen molar-refractivity contribution in [1.29, 1.82) is 0 Å². The summed E-state index contributed by atoms with van der Waals surface area (Å²) in [6.45, 7) is 3.80. The van der Waals surface area contributed by atoms with Crippen LogP contribution in [0.4, 0.5) is 5.82 Å².